The van der Waals surface area contributed by atoms with Gasteiger partial charge in [0.15, 0.2) is 0 Å². The van der Waals surface area contributed by atoms with Crippen LogP contribution in [-0.2, 0) is 6.42 Å². The number of piperidine rings is 1. The first-order valence-electron chi connectivity index (χ1n) is 9.92. The Kier molecular flexibility index (Phi) is 3.76. The fourth-order valence-electron chi connectivity index (χ4n) is 5.41. The van der Waals surface area contributed by atoms with E-state index < -0.39 is 0 Å². The Morgan fingerprint density at radius 3 is 3.04 bits per heavy atom. The van der Waals surface area contributed by atoms with E-state index >= 15 is 0 Å². The zero-order valence-electron chi connectivity index (χ0n) is 15.4. The lowest BCUT2D eigenvalue weighted by Gasteiger charge is -2.33. The molecule has 0 aliphatic carbocycles. The van der Waals surface area contributed by atoms with Crippen molar-refractivity contribution in [2.45, 2.75) is 44.6 Å². The van der Waals surface area contributed by atoms with Gasteiger partial charge < -0.3 is 10.2 Å². The Balaban J connectivity index is 1.73. The first-order chi connectivity index (χ1) is 12.8. The Hall–Kier alpha value is -2.31. The lowest BCUT2D eigenvalue weighted by molar-refractivity contribution is 0.401. The number of nitrogens with zero attached hydrogens (tertiary/aromatic N) is 2. The highest BCUT2D eigenvalue weighted by atomic mass is 15.2. The first-order valence-corrected chi connectivity index (χ1v) is 9.92. The largest absolute Gasteiger partial charge is 0.367 e. The maximum absolute atomic E-state index is 9.64. The highest BCUT2D eigenvalue weighted by molar-refractivity contribution is 5.80. The van der Waals surface area contributed by atoms with Gasteiger partial charge in [0.25, 0.3) is 0 Å². The fourth-order valence-corrected chi connectivity index (χ4v) is 5.41. The molecule has 1 saturated heterocycles. The van der Waals surface area contributed by atoms with Crippen molar-refractivity contribution in [1.29, 1.82) is 5.26 Å². The van der Waals surface area contributed by atoms with Gasteiger partial charge in [-0.05, 0) is 79.6 Å². The second kappa shape index (κ2) is 6.14. The third-order valence-corrected chi connectivity index (χ3v) is 6.53. The van der Waals surface area contributed by atoms with Crippen molar-refractivity contribution in [3.8, 4) is 17.2 Å². The second-order valence-corrected chi connectivity index (χ2v) is 8.00. The molecule has 0 saturated carbocycles. The van der Waals surface area contributed by atoms with Crippen LogP contribution in [0, 0.1) is 18.3 Å². The molecule has 0 radical (unpaired) electrons. The van der Waals surface area contributed by atoms with Crippen LogP contribution in [0.15, 0.2) is 30.3 Å². The van der Waals surface area contributed by atoms with E-state index in [2.05, 4.69) is 41.4 Å². The normalized spacial score (nSPS) is 23.8. The number of benzene rings is 2. The number of fused-ring (bicyclic) bond motifs is 3. The van der Waals surface area contributed by atoms with E-state index in [1.165, 1.54) is 53.7 Å². The summed E-state index contributed by atoms with van der Waals surface area (Å²) in [5, 5.41) is 13.3. The van der Waals surface area contributed by atoms with E-state index in [4.69, 9.17) is 0 Å². The van der Waals surface area contributed by atoms with Crippen molar-refractivity contribution in [3.63, 3.8) is 0 Å². The van der Waals surface area contributed by atoms with Crippen LogP contribution in [0.5, 0.6) is 0 Å². The predicted molar refractivity (Wildman–Crippen MR) is 106 cm³/mol. The fraction of sp³-hybridized carbons (Fsp3) is 0.435. The van der Waals surface area contributed by atoms with E-state index in [9.17, 15) is 5.26 Å². The molecule has 3 aliphatic rings. The molecule has 1 fully saturated rings. The maximum Gasteiger partial charge on any atom is 0.0998 e. The van der Waals surface area contributed by atoms with Gasteiger partial charge in [-0.15, -0.1) is 0 Å². The summed E-state index contributed by atoms with van der Waals surface area (Å²) in [7, 11) is 0. The molecule has 0 amide bonds. The van der Waals surface area contributed by atoms with Crippen molar-refractivity contribution in [3.05, 3.63) is 52.6 Å². The van der Waals surface area contributed by atoms with Crippen LogP contribution >= 0.6 is 0 Å². The molecule has 132 valence electrons. The number of anilines is 1. The summed E-state index contributed by atoms with van der Waals surface area (Å²) >= 11 is 0. The van der Waals surface area contributed by atoms with Gasteiger partial charge in [-0.25, -0.2) is 0 Å². The second-order valence-electron chi connectivity index (χ2n) is 8.00. The number of aryl methyl sites for hydroxylation is 2. The summed E-state index contributed by atoms with van der Waals surface area (Å²) in [6, 6.07) is 13.9. The standard InChI is InChI=1S/C23H25N3/c1-15-5-4-7-17(13-24)22(15)18-11-16-6-2-3-10-26-21-8-9-25-14-20(21)19(12-18)23(16)26/h4-5,7,11-12,20-21,25H,2-3,6,8-10,14H2,1H3/t20-,21-/m0/s1. The Bertz CT molecular complexity index is 908. The number of hydrogen-bond donors (Lipinski definition) is 1. The van der Waals surface area contributed by atoms with E-state index in [0.29, 0.717) is 12.0 Å². The van der Waals surface area contributed by atoms with E-state index in [1.54, 1.807) is 0 Å². The van der Waals surface area contributed by atoms with E-state index in [1.807, 2.05) is 12.1 Å². The maximum atomic E-state index is 9.64. The molecular formula is C23H25N3. The molecule has 3 aliphatic heterocycles. The molecule has 2 atom stereocenters. The van der Waals surface area contributed by atoms with Gasteiger partial charge in [-0.3, -0.25) is 0 Å². The molecule has 0 spiro atoms. The van der Waals surface area contributed by atoms with Crippen LogP contribution in [0.2, 0.25) is 0 Å². The predicted octanol–water partition coefficient (Wildman–Crippen LogP) is 4.14. The van der Waals surface area contributed by atoms with Crippen LogP contribution in [0.25, 0.3) is 11.1 Å². The van der Waals surface area contributed by atoms with Crippen LogP contribution in [-0.4, -0.2) is 25.7 Å². The number of nitriles is 1. The number of nitrogens with one attached hydrogen (secondary N) is 1. The topological polar surface area (TPSA) is 39.1 Å². The molecule has 26 heavy (non-hydrogen) atoms. The van der Waals surface area contributed by atoms with Gasteiger partial charge in [0, 0.05) is 36.3 Å². The molecule has 3 heterocycles. The third kappa shape index (κ3) is 2.29. The van der Waals surface area contributed by atoms with Gasteiger partial charge in [0.1, 0.15) is 0 Å². The third-order valence-electron chi connectivity index (χ3n) is 6.53. The zero-order valence-corrected chi connectivity index (χ0v) is 15.4. The molecule has 0 aromatic heterocycles. The molecule has 1 N–H and O–H groups in total. The summed E-state index contributed by atoms with van der Waals surface area (Å²) in [4.78, 5) is 2.72. The first kappa shape index (κ1) is 15.9. The summed E-state index contributed by atoms with van der Waals surface area (Å²) in [6.07, 6.45) is 4.95. The Morgan fingerprint density at radius 1 is 1.23 bits per heavy atom. The van der Waals surface area contributed by atoms with Crippen LogP contribution in [0.4, 0.5) is 5.69 Å². The highest BCUT2D eigenvalue weighted by Gasteiger charge is 2.41. The smallest absolute Gasteiger partial charge is 0.0998 e. The molecule has 5 rings (SSSR count). The van der Waals surface area contributed by atoms with Gasteiger partial charge in [-0.1, -0.05) is 12.1 Å². The van der Waals surface area contributed by atoms with E-state index in [-0.39, 0.29) is 0 Å². The quantitative estimate of drug-likeness (QED) is 0.846. The van der Waals surface area contributed by atoms with Gasteiger partial charge in [-0.2, -0.15) is 5.26 Å². The van der Waals surface area contributed by atoms with Crippen molar-refractivity contribution < 1.29 is 0 Å². The van der Waals surface area contributed by atoms with Gasteiger partial charge in [0.2, 0.25) is 0 Å². The number of rotatable bonds is 1. The van der Waals surface area contributed by atoms with Crippen molar-refractivity contribution >= 4 is 5.69 Å². The summed E-state index contributed by atoms with van der Waals surface area (Å²) < 4.78 is 0. The molecular weight excluding hydrogens is 318 g/mol. The average Bonchev–Trinajstić information content (AvgIpc) is 2.83. The Morgan fingerprint density at radius 2 is 2.15 bits per heavy atom. The summed E-state index contributed by atoms with van der Waals surface area (Å²) in [6.45, 7) is 5.53. The minimum Gasteiger partial charge on any atom is -0.367 e. The molecule has 2 aromatic rings. The minimum atomic E-state index is 0.588. The lowest BCUT2D eigenvalue weighted by atomic mass is 9.85. The molecule has 0 bridgehead atoms. The molecule has 0 unspecified atom stereocenters. The van der Waals surface area contributed by atoms with Gasteiger partial charge >= 0.3 is 0 Å². The molecule has 2 aromatic carbocycles. The van der Waals surface area contributed by atoms with Crippen LogP contribution in [0.3, 0.4) is 0 Å². The van der Waals surface area contributed by atoms with Crippen molar-refractivity contribution in [1.82, 2.24) is 5.32 Å². The average molecular weight is 343 g/mol. The monoisotopic (exact) mass is 343 g/mol. The molecule has 3 nitrogen and oxygen atoms in total. The molecule has 3 heteroatoms. The van der Waals surface area contributed by atoms with Crippen molar-refractivity contribution in [2.24, 2.45) is 0 Å². The lowest BCUT2D eigenvalue weighted by Crippen LogP contribution is -2.44. The van der Waals surface area contributed by atoms with Crippen LogP contribution < -0.4 is 10.2 Å². The SMILES string of the molecule is Cc1cccc(C#N)c1-c1cc2c3c(c1)[C@@H]1CNCC[C@@H]1N3CCCC2. The Labute approximate surface area is 155 Å². The minimum absolute atomic E-state index is 0.588. The summed E-state index contributed by atoms with van der Waals surface area (Å²) in [5.74, 6) is 0.588. The zero-order chi connectivity index (χ0) is 17.7. The van der Waals surface area contributed by atoms with Crippen molar-refractivity contribution in [2.75, 3.05) is 24.5 Å². The van der Waals surface area contributed by atoms with E-state index in [0.717, 1.165) is 30.6 Å². The highest BCUT2D eigenvalue weighted by Crippen LogP contribution is 2.48. The summed E-state index contributed by atoms with van der Waals surface area (Å²) in [5.41, 5.74) is 8.88. The van der Waals surface area contributed by atoms with Crippen LogP contribution in [0.1, 0.15) is 47.4 Å². The number of hydrogen-bond acceptors (Lipinski definition) is 3. The van der Waals surface area contributed by atoms with Gasteiger partial charge in [0.05, 0.1) is 11.6 Å².